The van der Waals surface area contributed by atoms with E-state index in [1.807, 2.05) is 39.8 Å². The Morgan fingerprint density at radius 2 is 1.47 bits per heavy atom. The molecule has 0 radical (unpaired) electrons. The first-order valence-electron chi connectivity index (χ1n) is 6.49. The molecular formula is C15H19NO3. The van der Waals surface area contributed by atoms with Crippen molar-refractivity contribution in [2.45, 2.75) is 33.8 Å². The molecule has 1 aromatic carbocycles. The minimum Gasteiger partial charge on any atom is -0.391 e. The lowest BCUT2D eigenvalue weighted by Crippen LogP contribution is -2.39. The number of nitrogens with zero attached hydrogens (tertiary/aromatic N) is 1. The van der Waals surface area contributed by atoms with Crippen LogP contribution in [0.1, 0.15) is 45.7 Å². The van der Waals surface area contributed by atoms with Gasteiger partial charge in [0.2, 0.25) is 0 Å². The number of hydrogen-bond acceptors (Lipinski definition) is 3. The molecule has 0 spiro atoms. The molecule has 2 amide bonds. The van der Waals surface area contributed by atoms with Gasteiger partial charge >= 0.3 is 0 Å². The SMILES string of the molecule is Cc1ccc(C)c2c1C(=O)N(CC(O)C(C)C)C2=O. The van der Waals surface area contributed by atoms with Gasteiger partial charge in [0.1, 0.15) is 0 Å². The summed E-state index contributed by atoms with van der Waals surface area (Å²) < 4.78 is 0. The van der Waals surface area contributed by atoms with Gasteiger partial charge in [-0.25, -0.2) is 0 Å². The Morgan fingerprint density at radius 3 is 1.84 bits per heavy atom. The molecule has 4 heteroatoms. The number of fused-ring (bicyclic) bond motifs is 1. The molecule has 0 saturated carbocycles. The number of aliphatic hydroxyl groups excluding tert-OH is 1. The van der Waals surface area contributed by atoms with Crippen LogP contribution in [0.3, 0.4) is 0 Å². The fraction of sp³-hybridized carbons (Fsp3) is 0.467. The smallest absolute Gasteiger partial charge is 0.261 e. The van der Waals surface area contributed by atoms with Crippen molar-refractivity contribution in [3.63, 3.8) is 0 Å². The van der Waals surface area contributed by atoms with Crippen molar-refractivity contribution in [1.29, 1.82) is 0 Å². The molecule has 0 fully saturated rings. The number of carbonyl (C=O) groups is 2. The molecule has 0 saturated heterocycles. The van der Waals surface area contributed by atoms with Crippen LogP contribution in [-0.4, -0.2) is 34.5 Å². The molecule has 2 rings (SSSR count). The predicted molar refractivity (Wildman–Crippen MR) is 72.1 cm³/mol. The van der Waals surface area contributed by atoms with E-state index >= 15 is 0 Å². The van der Waals surface area contributed by atoms with Crippen LogP contribution in [0.2, 0.25) is 0 Å². The van der Waals surface area contributed by atoms with Crippen molar-refractivity contribution in [1.82, 2.24) is 4.90 Å². The highest BCUT2D eigenvalue weighted by molar-refractivity contribution is 6.22. The van der Waals surface area contributed by atoms with E-state index in [2.05, 4.69) is 0 Å². The minimum atomic E-state index is -0.692. The van der Waals surface area contributed by atoms with Gasteiger partial charge in [0, 0.05) is 0 Å². The van der Waals surface area contributed by atoms with E-state index in [1.165, 1.54) is 0 Å². The summed E-state index contributed by atoms with van der Waals surface area (Å²) in [7, 11) is 0. The zero-order chi connectivity index (χ0) is 14.3. The maximum Gasteiger partial charge on any atom is 0.261 e. The van der Waals surface area contributed by atoms with Gasteiger partial charge < -0.3 is 5.11 Å². The number of β-amino-alcohol motifs (C(OH)–C–C–N with tert-alkyl or cyclic N) is 1. The molecule has 1 aliphatic heterocycles. The number of hydrogen-bond donors (Lipinski definition) is 1. The van der Waals surface area contributed by atoms with E-state index in [4.69, 9.17) is 0 Å². The van der Waals surface area contributed by atoms with E-state index in [0.717, 1.165) is 16.0 Å². The lowest BCUT2D eigenvalue weighted by atomic mass is 9.99. The van der Waals surface area contributed by atoms with Crippen LogP contribution < -0.4 is 0 Å². The quantitative estimate of drug-likeness (QED) is 0.846. The minimum absolute atomic E-state index is 0.00602. The van der Waals surface area contributed by atoms with Crippen LogP contribution in [0, 0.1) is 19.8 Å². The normalized spacial score (nSPS) is 16.2. The zero-order valence-electron chi connectivity index (χ0n) is 11.7. The summed E-state index contributed by atoms with van der Waals surface area (Å²) in [6.45, 7) is 7.43. The van der Waals surface area contributed by atoms with Crippen LogP contribution in [0.4, 0.5) is 0 Å². The average molecular weight is 261 g/mol. The highest BCUT2D eigenvalue weighted by atomic mass is 16.3. The summed E-state index contributed by atoms with van der Waals surface area (Å²) in [6, 6.07) is 3.70. The van der Waals surface area contributed by atoms with Crippen LogP contribution in [0.25, 0.3) is 0 Å². The van der Waals surface area contributed by atoms with Gasteiger partial charge in [-0.2, -0.15) is 0 Å². The molecule has 4 nitrogen and oxygen atoms in total. The molecule has 0 aromatic heterocycles. The fourth-order valence-corrected chi connectivity index (χ4v) is 2.29. The number of benzene rings is 1. The second-order valence-electron chi connectivity index (χ2n) is 5.48. The first kappa shape index (κ1) is 13.7. The Balaban J connectivity index is 2.40. The maximum absolute atomic E-state index is 12.3. The second-order valence-corrected chi connectivity index (χ2v) is 5.48. The van der Waals surface area contributed by atoms with Crippen LogP contribution in [0.15, 0.2) is 12.1 Å². The summed E-state index contributed by atoms with van der Waals surface area (Å²) >= 11 is 0. The average Bonchev–Trinajstić information content (AvgIpc) is 2.59. The monoisotopic (exact) mass is 261 g/mol. The largest absolute Gasteiger partial charge is 0.391 e. The fourth-order valence-electron chi connectivity index (χ4n) is 2.29. The van der Waals surface area contributed by atoms with E-state index in [9.17, 15) is 14.7 Å². The standard InChI is InChI=1S/C15H19NO3/c1-8(2)11(17)7-16-14(18)12-9(3)5-6-10(4)13(12)15(16)19/h5-6,8,11,17H,7H2,1-4H3. The molecule has 1 aromatic rings. The number of imide groups is 1. The molecular weight excluding hydrogens is 242 g/mol. The van der Waals surface area contributed by atoms with Gasteiger partial charge in [-0.1, -0.05) is 26.0 Å². The summed E-state index contributed by atoms with van der Waals surface area (Å²) in [5.74, 6) is -0.576. The molecule has 1 aliphatic rings. The molecule has 19 heavy (non-hydrogen) atoms. The maximum atomic E-state index is 12.3. The lowest BCUT2D eigenvalue weighted by molar-refractivity contribution is 0.0471. The number of amides is 2. The van der Waals surface area contributed by atoms with E-state index < -0.39 is 6.10 Å². The van der Waals surface area contributed by atoms with Gasteiger partial charge in [-0.15, -0.1) is 0 Å². The summed E-state index contributed by atoms with van der Waals surface area (Å²) in [5, 5.41) is 9.89. The molecule has 1 heterocycles. The molecule has 0 aliphatic carbocycles. The van der Waals surface area contributed by atoms with Crippen molar-refractivity contribution in [3.05, 3.63) is 34.4 Å². The first-order valence-corrected chi connectivity index (χ1v) is 6.49. The Morgan fingerprint density at radius 1 is 1.05 bits per heavy atom. The number of carbonyl (C=O) groups excluding carboxylic acids is 2. The molecule has 0 bridgehead atoms. The lowest BCUT2D eigenvalue weighted by Gasteiger charge is -2.20. The van der Waals surface area contributed by atoms with E-state index in [1.54, 1.807) is 0 Å². The van der Waals surface area contributed by atoms with Crippen molar-refractivity contribution in [3.8, 4) is 0 Å². The summed E-state index contributed by atoms with van der Waals surface area (Å²) in [6.07, 6.45) is -0.692. The molecule has 1 N–H and O–H groups in total. The van der Waals surface area contributed by atoms with Gasteiger partial charge in [0.25, 0.3) is 11.8 Å². The molecule has 102 valence electrons. The van der Waals surface area contributed by atoms with Crippen molar-refractivity contribution in [2.75, 3.05) is 6.54 Å². The van der Waals surface area contributed by atoms with Gasteiger partial charge in [0.05, 0.1) is 23.8 Å². The molecule has 1 atom stereocenters. The Kier molecular flexibility index (Phi) is 3.45. The third kappa shape index (κ3) is 2.16. The van der Waals surface area contributed by atoms with E-state index in [0.29, 0.717) is 11.1 Å². The van der Waals surface area contributed by atoms with Crippen molar-refractivity contribution >= 4 is 11.8 Å². The van der Waals surface area contributed by atoms with Gasteiger partial charge in [-0.05, 0) is 30.9 Å². The molecule has 1 unspecified atom stereocenters. The zero-order valence-corrected chi connectivity index (χ0v) is 11.7. The highest BCUT2D eigenvalue weighted by Gasteiger charge is 2.38. The van der Waals surface area contributed by atoms with Gasteiger partial charge in [0.15, 0.2) is 0 Å². The summed E-state index contributed by atoms with van der Waals surface area (Å²) in [5.41, 5.74) is 2.59. The van der Waals surface area contributed by atoms with Gasteiger partial charge in [-0.3, -0.25) is 14.5 Å². The highest BCUT2D eigenvalue weighted by Crippen LogP contribution is 2.29. The van der Waals surface area contributed by atoms with Crippen molar-refractivity contribution < 1.29 is 14.7 Å². The van der Waals surface area contributed by atoms with Crippen LogP contribution in [0.5, 0.6) is 0 Å². The third-order valence-electron chi connectivity index (χ3n) is 3.68. The second kappa shape index (κ2) is 4.78. The Labute approximate surface area is 113 Å². The topological polar surface area (TPSA) is 57.6 Å². The van der Waals surface area contributed by atoms with Crippen molar-refractivity contribution in [2.24, 2.45) is 5.92 Å². The van der Waals surface area contributed by atoms with Crippen LogP contribution >= 0.6 is 0 Å². The third-order valence-corrected chi connectivity index (χ3v) is 3.68. The number of rotatable bonds is 3. The predicted octanol–water partition coefficient (Wildman–Crippen LogP) is 1.92. The summed E-state index contributed by atoms with van der Waals surface area (Å²) in [4.78, 5) is 25.8. The Hall–Kier alpha value is -1.68. The number of aliphatic hydroxyl groups is 1. The number of aryl methyl sites for hydroxylation is 2. The van der Waals surface area contributed by atoms with E-state index in [-0.39, 0.29) is 24.3 Å². The first-order chi connectivity index (χ1) is 8.84. The van der Waals surface area contributed by atoms with Crippen LogP contribution in [-0.2, 0) is 0 Å². The Bertz CT molecular complexity index is 508.